The van der Waals surface area contributed by atoms with E-state index in [4.69, 9.17) is 0 Å². The van der Waals surface area contributed by atoms with E-state index in [1.807, 2.05) is 29.2 Å². The zero-order chi connectivity index (χ0) is 14.7. The Hall–Kier alpha value is -1.88. The van der Waals surface area contributed by atoms with Gasteiger partial charge in [0.2, 0.25) is 11.8 Å². The third kappa shape index (κ3) is 3.82. The first-order valence-electron chi connectivity index (χ1n) is 7.61. The lowest BCUT2D eigenvalue weighted by Crippen LogP contribution is -2.46. The number of benzene rings is 1. The second-order valence-corrected chi connectivity index (χ2v) is 5.77. The quantitative estimate of drug-likeness (QED) is 0.869. The van der Waals surface area contributed by atoms with Crippen molar-refractivity contribution in [2.45, 2.75) is 19.3 Å². The number of carbonyl (C=O) groups is 2. The summed E-state index contributed by atoms with van der Waals surface area (Å²) in [6, 6.07) is 7.59. The number of hydrogen-bond acceptors (Lipinski definition) is 3. The molecule has 2 amide bonds. The van der Waals surface area contributed by atoms with Crippen molar-refractivity contribution in [3.63, 3.8) is 0 Å². The Kier molecular flexibility index (Phi) is 4.20. The zero-order valence-electron chi connectivity index (χ0n) is 12.1. The average Bonchev–Trinajstić information content (AvgIpc) is 3.35. The Morgan fingerprint density at radius 1 is 1.14 bits per heavy atom. The molecule has 2 aliphatic rings. The number of nitrogens with zero attached hydrogens (tertiary/aromatic N) is 1. The van der Waals surface area contributed by atoms with E-state index >= 15 is 0 Å². The summed E-state index contributed by atoms with van der Waals surface area (Å²) in [7, 11) is 0. The number of nitrogens with one attached hydrogen (secondary N) is 2. The van der Waals surface area contributed by atoms with Crippen molar-refractivity contribution < 1.29 is 9.59 Å². The van der Waals surface area contributed by atoms with E-state index in [1.54, 1.807) is 0 Å². The minimum atomic E-state index is 0.111. The Bertz CT molecular complexity index is 517. The predicted octanol–water partition coefficient (Wildman–Crippen LogP) is 1.01. The summed E-state index contributed by atoms with van der Waals surface area (Å²) in [4.78, 5) is 25.7. The molecule has 1 aliphatic carbocycles. The van der Waals surface area contributed by atoms with Crippen LogP contribution < -0.4 is 10.6 Å². The molecule has 0 radical (unpaired) electrons. The Morgan fingerprint density at radius 2 is 1.81 bits per heavy atom. The van der Waals surface area contributed by atoms with Crippen molar-refractivity contribution in [3.8, 4) is 0 Å². The molecule has 0 spiro atoms. The van der Waals surface area contributed by atoms with Gasteiger partial charge in [-0.05, 0) is 30.5 Å². The number of amides is 2. The topological polar surface area (TPSA) is 61.4 Å². The van der Waals surface area contributed by atoms with Crippen molar-refractivity contribution in [2.75, 3.05) is 31.5 Å². The van der Waals surface area contributed by atoms with Crippen LogP contribution in [0.5, 0.6) is 0 Å². The van der Waals surface area contributed by atoms with E-state index in [-0.39, 0.29) is 17.7 Å². The Balaban J connectivity index is 1.53. The normalized spacial score (nSPS) is 18.4. The summed E-state index contributed by atoms with van der Waals surface area (Å²) in [5.74, 6) is 0.491. The summed E-state index contributed by atoms with van der Waals surface area (Å²) < 4.78 is 0. The van der Waals surface area contributed by atoms with Crippen molar-refractivity contribution in [1.29, 1.82) is 0 Å². The van der Waals surface area contributed by atoms with E-state index in [0.717, 1.165) is 50.3 Å². The van der Waals surface area contributed by atoms with Gasteiger partial charge in [-0.3, -0.25) is 9.59 Å². The van der Waals surface area contributed by atoms with Crippen LogP contribution in [0.25, 0.3) is 0 Å². The van der Waals surface area contributed by atoms with Crippen LogP contribution in [0.15, 0.2) is 24.3 Å². The van der Waals surface area contributed by atoms with Gasteiger partial charge >= 0.3 is 0 Å². The van der Waals surface area contributed by atoms with Crippen LogP contribution in [-0.4, -0.2) is 42.9 Å². The molecule has 0 bridgehead atoms. The van der Waals surface area contributed by atoms with Gasteiger partial charge < -0.3 is 15.5 Å². The number of anilines is 1. The first kappa shape index (κ1) is 14.1. The van der Waals surface area contributed by atoms with Gasteiger partial charge in [0.1, 0.15) is 0 Å². The predicted molar refractivity (Wildman–Crippen MR) is 80.9 cm³/mol. The monoisotopic (exact) mass is 287 g/mol. The first-order chi connectivity index (χ1) is 10.2. The van der Waals surface area contributed by atoms with Gasteiger partial charge in [0.15, 0.2) is 0 Å². The third-order valence-electron chi connectivity index (χ3n) is 3.99. The van der Waals surface area contributed by atoms with Crippen LogP contribution >= 0.6 is 0 Å². The molecule has 1 saturated heterocycles. The lowest BCUT2D eigenvalue weighted by molar-refractivity contribution is -0.131. The standard InChI is InChI=1S/C16H21N3O2/c20-15(19-9-7-17-8-10-19)11-12-1-5-14(6-2-12)18-16(21)13-3-4-13/h1-2,5-6,13,17H,3-4,7-11H2,(H,18,21). The lowest BCUT2D eigenvalue weighted by atomic mass is 10.1. The van der Waals surface area contributed by atoms with Crippen molar-refractivity contribution in [1.82, 2.24) is 10.2 Å². The van der Waals surface area contributed by atoms with Gasteiger partial charge in [-0.2, -0.15) is 0 Å². The molecule has 1 aromatic carbocycles. The molecule has 3 rings (SSSR count). The van der Waals surface area contributed by atoms with Gasteiger partial charge in [-0.25, -0.2) is 0 Å². The highest BCUT2D eigenvalue weighted by Gasteiger charge is 2.29. The van der Waals surface area contributed by atoms with E-state index in [9.17, 15) is 9.59 Å². The smallest absolute Gasteiger partial charge is 0.227 e. The summed E-state index contributed by atoms with van der Waals surface area (Å²) in [6.07, 6.45) is 2.43. The first-order valence-corrected chi connectivity index (χ1v) is 7.61. The van der Waals surface area contributed by atoms with Crippen LogP contribution in [0.1, 0.15) is 18.4 Å². The molecular weight excluding hydrogens is 266 g/mol. The highest BCUT2D eigenvalue weighted by Crippen LogP contribution is 2.30. The van der Waals surface area contributed by atoms with E-state index in [2.05, 4.69) is 10.6 Å². The molecular formula is C16H21N3O2. The summed E-state index contributed by atoms with van der Waals surface area (Å²) >= 11 is 0. The molecule has 0 aromatic heterocycles. The van der Waals surface area contributed by atoms with Crippen LogP contribution in [0, 0.1) is 5.92 Å². The van der Waals surface area contributed by atoms with Gasteiger partial charge in [0, 0.05) is 37.8 Å². The number of hydrogen-bond donors (Lipinski definition) is 2. The van der Waals surface area contributed by atoms with Gasteiger partial charge in [0.05, 0.1) is 6.42 Å². The van der Waals surface area contributed by atoms with Gasteiger partial charge in [0.25, 0.3) is 0 Å². The average molecular weight is 287 g/mol. The molecule has 5 heteroatoms. The fourth-order valence-corrected chi connectivity index (χ4v) is 2.50. The molecule has 2 N–H and O–H groups in total. The van der Waals surface area contributed by atoms with E-state index < -0.39 is 0 Å². The SMILES string of the molecule is O=C(Nc1ccc(CC(=O)N2CCNCC2)cc1)C1CC1. The highest BCUT2D eigenvalue weighted by atomic mass is 16.2. The molecule has 0 unspecified atom stereocenters. The molecule has 1 heterocycles. The minimum Gasteiger partial charge on any atom is -0.340 e. The Labute approximate surface area is 124 Å². The van der Waals surface area contributed by atoms with Crippen LogP contribution in [0.2, 0.25) is 0 Å². The zero-order valence-corrected chi connectivity index (χ0v) is 12.1. The van der Waals surface area contributed by atoms with E-state index in [1.165, 1.54) is 0 Å². The van der Waals surface area contributed by atoms with Crippen molar-refractivity contribution in [2.24, 2.45) is 5.92 Å². The highest BCUT2D eigenvalue weighted by molar-refractivity contribution is 5.94. The molecule has 5 nitrogen and oxygen atoms in total. The largest absolute Gasteiger partial charge is 0.340 e. The molecule has 1 aromatic rings. The number of carbonyl (C=O) groups excluding carboxylic acids is 2. The van der Waals surface area contributed by atoms with Crippen LogP contribution in [-0.2, 0) is 16.0 Å². The second-order valence-electron chi connectivity index (χ2n) is 5.77. The maximum Gasteiger partial charge on any atom is 0.227 e. The second kappa shape index (κ2) is 6.26. The summed E-state index contributed by atoms with van der Waals surface area (Å²) in [5.41, 5.74) is 1.80. The molecule has 1 aliphatic heterocycles. The van der Waals surface area contributed by atoms with Crippen molar-refractivity contribution in [3.05, 3.63) is 29.8 Å². The molecule has 1 saturated carbocycles. The maximum atomic E-state index is 12.2. The van der Waals surface area contributed by atoms with Gasteiger partial charge in [-0.1, -0.05) is 12.1 Å². The van der Waals surface area contributed by atoms with Crippen LogP contribution in [0.3, 0.4) is 0 Å². The third-order valence-corrected chi connectivity index (χ3v) is 3.99. The molecule has 21 heavy (non-hydrogen) atoms. The number of piperazine rings is 1. The molecule has 0 atom stereocenters. The fraction of sp³-hybridized carbons (Fsp3) is 0.500. The summed E-state index contributed by atoms with van der Waals surface area (Å²) in [6.45, 7) is 3.32. The van der Waals surface area contributed by atoms with Gasteiger partial charge in [-0.15, -0.1) is 0 Å². The molecule has 2 fully saturated rings. The minimum absolute atomic E-state index is 0.111. The van der Waals surface area contributed by atoms with Crippen LogP contribution in [0.4, 0.5) is 5.69 Å². The fourth-order valence-electron chi connectivity index (χ4n) is 2.50. The number of rotatable bonds is 4. The lowest BCUT2D eigenvalue weighted by Gasteiger charge is -2.27. The Morgan fingerprint density at radius 3 is 2.43 bits per heavy atom. The van der Waals surface area contributed by atoms with E-state index in [0.29, 0.717) is 6.42 Å². The molecule has 112 valence electrons. The summed E-state index contributed by atoms with van der Waals surface area (Å²) in [5, 5.41) is 6.14. The van der Waals surface area contributed by atoms with Crippen molar-refractivity contribution >= 4 is 17.5 Å². The maximum absolute atomic E-state index is 12.2.